The van der Waals surface area contributed by atoms with Gasteiger partial charge in [0.05, 0.1) is 5.54 Å². The van der Waals surface area contributed by atoms with E-state index in [1.807, 2.05) is 0 Å². The first-order chi connectivity index (χ1) is 6.00. The molecule has 0 atom stereocenters. The molecular formula is C8H12N4O. The summed E-state index contributed by atoms with van der Waals surface area (Å²) in [5, 5.41) is 2.57. The molecule has 3 N–H and O–H groups in total. The minimum absolute atomic E-state index is 0.272. The molecule has 0 fully saturated rings. The molecule has 5 nitrogen and oxygen atoms in total. The van der Waals surface area contributed by atoms with Crippen LogP contribution in [-0.4, -0.2) is 21.4 Å². The number of nitrogens with one attached hydrogen (secondary N) is 1. The molecule has 0 saturated carbocycles. The molecule has 70 valence electrons. The van der Waals surface area contributed by atoms with Crippen LogP contribution in [0.5, 0.6) is 0 Å². The first-order valence-corrected chi connectivity index (χ1v) is 3.86. The molecule has 0 aliphatic carbocycles. The van der Waals surface area contributed by atoms with E-state index in [0.717, 1.165) is 0 Å². The Morgan fingerprint density at radius 1 is 1.62 bits per heavy atom. The summed E-state index contributed by atoms with van der Waals surface area (Å²) < 4.78 is 0. The maximum atomic E-state index is 11.3. The van der Waals surface area contributed by atoms with Gasteiger partial charge in [-0.1, -0.05) is 0 Å². The maximum Gasteiger partial charge on any atom is 0.245 e. The molecule has 1 aromatic heterocycles. The Morgan fingerprint density at radius 2 is 2.31 bits per heavy atom. The number of hydrogen-bond acceptors (Lipinski definition) is 4. The summed E-state index contributed by atoms with van der Waals surface area (Å²) in [7, 11) is 0. The van der Waals surface area contributed by atoms with Gasteiger partial charge in [0.25, 0.3) is 0 Å². The van der Waals surface area contributed by atoms with Crippen molar-refractivity contribution < 1.29 is 4.79 Å². The predicted octanol–water partition coefficient (Wildman–Crippen LogP) is 0.152. The Kier molecular flexibility index (Phi) is 2.57. The fraction of sp³-hybridized carbons (Fsp3) is 0.375. The van der Waals surface area contributed by atoms with E-state index in [-0.39, 0.29) is 5.91 Å². The van der Waals surface area contributed by atoms with Crippen LogP contribution < -0.4 is 11.1 Å². The zero-order valence-electron chi connectivity index (χ0n) is 7.61. The van der Waals surface area contributed by atoms with E-state index in [1.54, 1.807) is 26.1 Å². The fourth-order valence-corrected chi connectivity index (χ4v) is 0.642. The lowest BCUT2D eigenvalue weighted by molar-refractivity contribution is -0.120. The molecular weight excluding hydrogens is 168 g/mol. The van der Waals surface area contributed by atoms with E-state index in [1.165, 1.54) is 6.33 Å². The van der Waals surface area contributed by atoms with Crippen LogP contribution in [0.3, 0.4) is 0 Å². The number of aromatic nitrogens is 2. The van der Waals surface area contributed by atoms with Crippen LogP contribution in [-0.2, 0) is 4.79 Å². The second-order valence-electron chi connectivity index (χ2n) is 3.27. The molecule has 1 aromatic rings. The van der Waals surface area contributed by atoms with Gasteiger partial charge in [0.2, 0.25) is 5.91 Å². The van der Waals surface area contributed by atoms with Gasteiger partial charge in [0.15, 0.2) is 0 Å². The summed E-state index contributed by atoms with van der Waals surface area (Å²) in [5.41, 5.74) is 4.67. The first-order valence-electron chi connectivity index (χ1n) is 3.86. The topological polar surface area (TPSA) is 80.9 Å². The zero-order chi connectivity index (χ0) is 9.90. The Labute approximate surface area is 76.4 Å². The molecule has 0 saturated heterocycles. The van der Waals surface area contributed by atoms with Gasteiger partial charge in [-0.25, -0.2) is 9.97 Å². The number of carbonyl (C=O) groups is 1. The predicted molar refractivity (Wildman–Crippen MR) is 48.9 cm³/mol. The van der Waals surface area contributed by atoms with Crippen LogP contribution >= 0.6 is 0 Å². The zero-order valence-corrected chi connectivity index (χ0v) is 7.61. The van der Waals surface area contributed by atoms with Crippen molar-refractivity contribution in [3.63, 3.8) is 0 Å². The number of carbonyl (C=O) groups excluding carboxylic acids is 1. The third-order valence-corrected chi connectivity index (χ3v) is 1.41. The maximum absolute atomic E-state index is 11.3. The van der Waals surface area contributed by atoms with E-state index in [4.69, 9.17) is 5.73 Å². The van der Waals surface area contributed by atoms with Crippen LogP contribution in [0.4, 0.5) is 5.82 Å². The van der Waals surface area contributed by atoms with Gasteiger partial charge in [-0.2, -0.15) is 0 Å². The second kappa shape index (κ2) is 3.49. The van der Waals surface area contributed by atoms with Crippen LogP contribution in [0, 0.1) is 0 Å². The minimum Gasteiger partial charge on any atom is -0.318 e. The molecule has 1 amide bonds. The molecule has 0 spiro atoms. The molecule has 0 unspecified atom stereocenters. The van der Waals surface area contributed by atoms with E-state index in [0.29, 0.717) is 5.82 Å². The number of nitrogens with two attached hydrogens (primary N) is 1. The SMILES string of the molecule is CC(C)(N)C(=O)Nc1ccncn1. The number of rotatable bonds is 2. The minimum atomic E-state index is -0.898. The summed E-state index contributed by atoms with van der Waals surface area (Å²) in [6, 6.07) is 1.60. The van der Waals surface area contributed by atoms with Crippen molar-refractivity contribution in [3.05, 3.63) is 18.6 Å². The fourth-order valence-electron chi connectivity index (χ4n) is 0.642. The van der Waals surface area contributed by atoms with Gasteiger partial charge in [0.1, 0.15) is 12.1 Å². The summed E-state index contributed by atoms with van der Waals surface area (Å²) in [6.45, 7) is 3.26. The summed E-state index contributed by atoms with van der Waals surface area (Å²) in [6.07, 6.45) is 2.91. The van der Waals surface area contributed by atoms with Crippen molar-refractivity contribution in [2.75, 3.05) is 5.32 Å². The summed E-state index contributed by atoms with van der Waals surface area (Å²) in [4.78, 5) is 18.9. The van der Waals surface area contributed by atoms with Gasteiger partial charge in [-0.15, -0.1) is 0 Å². The van der Waals surface area contributed by atoms with Gasteiger partial charge in [-0.05, 0) is 19.9 Å². The first kappa shape index (κ1) is 9.60. The van der Waals surface area contributed by atoms with Gasteiger partial charge in [0, 0.05) is 6.20 Å². The number of anilines is 1. The average molecular weight is 180 g/mol. The van der Waals surface area contributed by atoms with Crippen molar-refractivity contribution >= 4 is 11.7 Å². The Morgan fingerprint density at radius 3 is 2.77 bits per heavy atom. The molecule has 13 heavy (non-hydrogen) atoms. The van der Waals surface area contributed by atoms with E-state index in [2.05, 4.69) is 15.3 Å². The Balaban J connectivity index is 2.66. The Hall–Kier alpha value is -1.49. The van der Waals surface area contributed by atoms with Crippen LogP contribution in [0.1, 0.15) is 13.8 Å². The lowest BCUT2D eigenvalue weighted by atomic mass is 10.1. The lowest BCUT2D eigenvalue weighted by Gasteiger charge is -2.16. The van der Waals surface area contributed by atoms with E-state index in [9.17, 15) is 4.79 Å². The Bertz CT molecular complexity index is 291. The van der Waals surface area contributed by atoms with E-state index < -0.39 is 5.54 Å². The van der Waals surface area contributed by atoms with Crippen LogP contribution in [0.2, 0.25) is 0 Å². The highest BCUT2D eigenvalue weighted by Gasteiger charge is 2.21. The van der Waals surface area contributed by atoms with Crippen LogP contribution in [0.25, 0.3) is 0 Å². The summed E-state index contributed by atoms with van der Waals surface area (Å²) >= 11 is 0. The highest BCUT2D eigenvalue weighted by atomic mass is 16.2. The third kappa shape index (κ3) is 2.79. The molecule has 1 heterocycles. The lowest BCUT2D eigenvalue weighted by Crippen LogP contribution is -2.45. The molecule has 5 heteroatoms. The van der Waals surface area contributed by atoms with Crippen molar-refractivity contribution in [1.82, 2.24) is 9.97 Å². The molecule has 0 aliphatic rings. The van der Waals surface area contributed by atoms with Gasteiger partial charge >= 0.3 is 0 Å². The molecule has 0 bridgehead atoms. The number of amides is 1. The van der Waals surface area contributed by atoms with Crippen LogP contribution in [0.15, 0.2) is 18.6 Å². The van der Waals surface area contributed by atoms with Crippen molar-refractivity contribution in [2.45, 2.75) is 19.4 Å². The van der Waals surface area contributed by atoms with E-state index >= 15 is 0 Å². The highest BCUT2D eigenvalue weighted by molar-refractivity contribution is 5.96. The molecule has 1 rings (SSSR count). The summed E-state index contributed by atoms with van der Waals surface area (Å²) in [5.74, 6) is 0.185. The second-order valence-corrected chi connectivity index (χ2v) is 3.27. The van der Waals surface area contributed by atoms with Crippen molar-refractivity contribution in [3.8, 4) is 0 Å². The van der Waals surface area contributed by atoms with Gasteiger partial charge < -0.3 is 11.1 Å². The third-order valence-electron chi connectivity index (χ3n) is 1.41. The normalized spacial score (nSPS) is 11.0. The average Bonchev–Trinajstić information content (AvgIpc) is 2.04. The van der Waals surface area contributed by atoms with Crippen molar-refractivity contribution in [1.29, 1.82) is 0 Å². The highest BCUT2D eigenvalue weighted by Crippen LogP contribution is 2.03. The monoisotopic (exact) mass is 180 g/mol. The van der Waals surface area contributed by atoms with Gasteiger partial charge in [-0.3, -0.25) is 4.79 Å². The standard InChI is InChI=1S/C8H12N4O/c1-8(2,9)7(13)12-6-3-4-10-5-11-6/h3-5H,9H2,1-2H3,(H,10,11,12,13). The molecule has 0 aliphatic heterocycles. The van der Waals surface area contributed by atoms with Crippen molar-refractivity contribution in [2.24, 2.45) is 5.73 Å². The quantitative estimate of drug-likeness (QED) is 0.679. The number of hydrogen-bond donors (Lipinski definition) is 2. The smallest absolute Gasteiger partial charge is 0.245 e. The molecule has 0 radical (unpaired) electrons. The largest absolute Gasteiger partial charge is 0.318 e. The number of nitrogens with zero attached hydrogens (tertiary/aromatic N) is 2. The molecule has 0 aromatic carbocycles.